The Morgan fingerprint density at radius 3 is 2.50 bits per heavy atom. The van der Waals surface area contributed by atoms with Gasteiger partial charge >= 0.3 is 0 Å². The molecule has 0 spiro atoms. The van der Waals surface area contributed by atoms with E-state index in [1.165, 1.54) is 0 Å². The van der Waals surface area contributed by atoms with Crippen LogP contribution < -0.4 is 4.74 Å². The second-order valence-electron chi connectivity index (χ2n) is 5.58. The quantitative estimate of drug-likeness (QED) is 0.837. The summed E-state index contributed by atoms with van der Waals surface area (Å²) in [6.07, 6.45) is 1.58. The summed E-state index contributed by atoms with van der Waals surface area (Å²) in [7, 11) is 1.57. The van der Waals surface area contributed by atoms with Gasteiger partial charge in [0, 0.05) is 45.0 Å². The molecular weight excluding hydrogens is 254 g/mol. The number of methoxy groups -OCH3 is 1. The zero-order chi connectivity index (χ0) is 14.5. The van der Waals surface area contributed by atoms with Crippen molar-refractivity contribution in [1.29, 1.82) is 0 Å². The van der Waals surface area contributed by atoms with E-state index in [0.29, 0.717) is 17.4 Å². The van der Waals surface area contributed by atoms with E-state index in [2.05, 4.69) is 23.7 Å². The summed E-state index contributed by atoms with van der Waals surface area (Å²) in [5, 5.41) is 0. The molecule has 1 amide bonds. The molecule has 0 N–H and O–H groups in total. The van der Waals surface area contributed by atoms with Crippen molar-refractivity contribution in [3.63, 3.8) is 0 Å². The first-order chi connectivity index (χ1) is 9.60. The third-order valence-electron chi connectivity index (χ3n) is 3.48. The molecule has 0 radical (unpaired) electrons. The number of carbonyl (C=O) groups excluding carboxylic acids is 1. The maximum Gasteiger partial charge on any atom is 0.255 e. The summed E-state index contributed by atoms with van der Waals surface area (Å²) in [4.78, 5) is 20.8. The lowest BCUT2D eigenvalue weighted by Crippen LogP contribution is -2.49. The summed E-state index contributed by atoms with van der Waals surface area (Å²) in [5.74, 6) is 1.26. The van der Waals surface area contributed by atoms with Crippen LogP contribution in [0.4, 0.5) is 0 Å². The van der Waals surface area contributed by atoms with Crippen LogP contribution in [0.25, 0.3) is 0 Å². The SMILES string of the molecule is COc1ccc(C(=O)N2CCN(CC(C)C)CC2)cn1. The Hall–Kier alpha value is -1.62. The number of ether oxygens (including phenoxy) is 1. The molecule has 0 atom stereocenters. The van der Waals surface area contributed by atoms with Gasteiger partial charge in [0.1, 0.15) is 0 Å². The fourth-order valence-corrected chi connectivity index (χ4v) is 2.46. The van der Waals surface area contributed by atoms with E-state index in [1.807, 2.05) is 4.90 Å². The van der Waals surface area contributed by atoms with E-state index in [4.69, 9.17) is 4.74 Å². The van der Waals surface area contributed by atoms with Gasteiger partial charge in [-0.05, 0) is 12.0 Å². The number of hydrogen-bond acceptors (Lipinski definition) is 4. The fourth-order valence-electron chi connectivity index (χ4n) is 2.46. The van der Waals surface area contributed by atoms with Crippen molar-refractivity contribution in [3.05, 3.63) is 23.9 Å². The lowest BCUT2D eigenvalue weighted by Gasteiger charge is -2.35. The molecule has 5 heteroatoms. The number of amides is 1. The van der Waals surface area contributed by atoms with Crippen molar-refractivity contribution in [2.75, 3.05) is 39.8 Å². The van der Waals surface area contributed by atoms with Crippen molar-refractivity contribution < 1.29 is 9.53 Å². The second-order valence-corrected chi connectivity index (χ2v) is 5.58. The van der Waals surface area contributed by atoms with Crippen molar-refractivity contribution in [3.8, 4) is 5.88 Å². The van der Waals surface area contributed by atoms with Gasteiger partial charge in [-0.25, -0.2) is 4.98 Å². The molecule has 1 aromatic rings. The molecule has 0 aliphatic carbocycles. The lowest BCUT2D eigenvalue weighted by atomic mass is 10.1. The highest BCUT2D eigenvalue weighted by atomic mass is 16.5. The highest BCUT2D eigenvalue weighted by Crippen LogP contribution is 2.12. The topological polar surface area (TPSA) is 45.7 Å². The minimum Gasteiger partial charge on any atom is -0.481 e. The highest BCUT2D eigenvalue weighted by Gasteiger charge is 2.22. The van der Waals surface area contributed by atoms with Crippen LogP contribution in [-0.4, -0.2) is 60.5 Å². The Kier molecular flexibility index (Phi) is 4.95. The molecule has 20 heavy (non-hydrogen) atoms. The van der Waals surface area contributed by atoms with E-state index in [0.717, 1.165) is 32.7 Å². The normalized spacial score (nSPS) is 16.5. The summed E-state index contributed by atoms with van der Waals surface area (Å²) < 4.78 is 5.00. The summed E-state index contributed by atoms with van der Waals surface area (Å²) in [6, 6.07) is 3.50. The molecule has 110 valence electrons. The molecule has 1 fully saturated rings. The average Bonchev–Trinajstić information content (AvgIpc) is 2.47. The molecular formula is C15H23N3O2. The minimum atomic E-state index is 0.0596. The van der Waals surface area contributed by atoms with Crippen LogP contribution in [0.15, 0.2) is 18.3 Å². The number of nitrogens with zero attached hydrogens (tertiary/aromatic N) is 3. The molecule has 1 aliphatic rings. The number of carbonyl (C=O) groups is 1. The zero-order valence-corrected chi connectivity index (χ0v) is 12.5. The minimum absolute atomic E-state index is 0.0596. The van der Waals surface area contributed by atoms with Crippen molar-refractivity contribution in [2.24, 2.45) is 5.92 Å². The maximum absolute atomic E-state index is 12.4. The Bertz CT molecular complexity index is 437. The Labute approximate surface area is 120 Å². The summed E-state index contributed by atoms with van der Waals surface area (Å²) in [6.45, 7) is 9.03. The predicted octanol–water partition coefficient (Wildman–Crippen LogP) is 1.50. The molecule has 0 unspecified atom stereocenters. The molecule has 0 saturated carbocycles. The molecule has 1 aromatic heterocycles. The van der Waals surface area contributed by atoms with Crippen LogP contribution in [0.1, 0.15) is 24.2 Å². The fraction of sp³-hybridized carbons (Fsp3) is 0.600. The van der Waals surface area contributed by atoms with Gasteiger partial charge < -0.3 is 9.64 Å². The first-order valence-corrected chi connectivity index (χ1v) is 7.12. The Morgan fingerprint density at radius 1 is 1.30 bits per heavy atom. The van der Waals surface area contributed by atoms with Gasteiger partial charge in [0.25, 0.3) is 5.91 Å². The van der Waals surface area contributed by atoms with Gasteiger partial charge in [0.2, 0.25) is 5.88 Å². The molecule has 0 bridgehead atoms. The average molecular weight is 277 g/mol. The van der Waals surface area contributed by atoms with Crippen LogP contribution in [0.3, 0.4) is 0 Å². The first kappa shape index (κ1) is 14.8. The van der Waals surface area contributed by atoms with Crippen LogP contribution in [0, 0.1) is 5.92 Å². The number of piperazine rings is 1. The predicted molar refractivity (Wildman–Crippen MR) is 78.0 cm³/mol. The van der Waals surface area contributed by atoms with Crippen molar-refractivity contribution in [1.82, 2.24) is 14.8 Å². The highest BCUT2D eigenvalue weighted by molar-refractivity contribution is 5.94. The second kappa shape index (κ2) is 6.70. The third kappa shape index (κ3) is 3.70. The van der Waals surface area contributed by atoms with Crippen LogP contribution in [0.5, 0.6) is 5.88 Å². The zero-order valence-electron chi connectivity index (χ0n) is 12.5. The Balaban J connectivity index is 1.90. The van der Waals surface area contributed by atoms with Crippen molar-refractivity contribution >= 4 is 5.91 Å². The molecule has 2 heterocycles. The van der Waals surface area contributed by atoms with Gasteiger partial charge in [-0.15, -0.1) is 0 Å². The summed E-state index contributed by atoms with van der Waals surface area (Å²) >= 11 is 0. The molecule has 1 saturated heterocycles. The lowest BCUT2D eigenvalue weighted by molar-refractivity contribution is 0.0623. The van der Waals surface area contributed by atoms with Gasteiger partial charge in [-0.2, -0.15) is 0 Å². The number of pyridine rings is 1. The standard InChI is InChI=1S/C15H23N3O2/c1-12(2)11-17-6-8-18(9-7-17)15(19)13-4-5-14(20-3)16-10-13/h4-5,10,12H,6-9,11H2,1-3H3. The molecule has 2 rings (SSSR count). The smallest absolute Gasteiger partial charge is 0.255 e. The number of aromatic nitrogens is 1. The molecule has 5 nitrogen and oxygen atoms in total. The Morgan fingerprint density at radius 2 is 2.00 bits per heavy atom. The van der Waals surface area contributed by atoms with Crippen LogP contribution >= 0.6 is 0 Å². The van der Waals surface area contributed by atoms with Crippen molar-refractivity contribution in [2.45, 2.75) is 13.8 Å². The molecule has 0 aromatic carbocycles. The third-order valence-corrected chi connectivity index (χ3v) is 3.48. The van der Waals surface area contributed by atoms with E-state index in [1.54, 1.807) is 25.4 Å². The van der Waals surface area contributed by atoms with Gasteiger partial charge in [-0.1, -0.05) is 13.8 Å². The largest absolute Gasteiger partial charge is 0.481 e. The van der Waals surface area contributed by atoms with Crippen LogP contribution in [-0.2, 0) is 0 Å². The van der Waals surface area contributed by atoms with E-state index < -0.39 is 0 Å². The number of hydrogen-bond donors (Lipinski definition) is 0. The maximum atomic E-state index is 12.4. The number of rotatable bonds is 4. The molecule has 1 aliphatic heterocycles. The first-order valence-electron chi connectivity index (χ1n) is 7.12. The van der Waals surface area contributed by atoms with E-state index >= 15 is 0 Å². The van der Waals surface area contributed by atoms with Gasteiger partial charge in [-0.3, -0.25) is 9.69 Å². The van der Waals surface area contributed by atoms with E-state index in [9.17, 15) is 4.79 Å². The van der Waals surface area contributed by atoms with Crippen LogP contribution in [0.2, 0.25) is 0 Å². The van der Waals surface area contributed by atoms with E-state index in [-0.39, 0.29) is 5.91 Å². The van der Waals surface area contributed by atoms with Gasteiger partial charge in [0.05, 0.1) is 12.7 Å². The monoisotopic (exact) mass is 277 g/mol. The van der Waals surface area contributed by atoms with Gasteiger partial charge in [0.15, 0.2) is 0 Å². The summed E-state index contributed by atoms with van der Waals surface area (Å²) in [5.41, 5.74) is 0.628.